The lowest BCUT2D eigenvalue weighted by atomic mass is 9.90. The molecule has 15 heavy (non-hydrogen) atoms. The Labute approximate surface area is 88.3 Å². The van der Waals surface area contributed by atoms with E-state index in [0.29, 0.717) is 24.0 Å². The maximum absolute atomic E-state index is 13.3. The summed E-state index contributed by atoms with van der Waals surface area (Å²) in [5.74, 6) is -0.325. The Morgan fingerprint density at radius 3 is 2.67 bits per heavy atom. The lowest BCUT2D eigenvalue weighted by molar-refractivity contribution is 0.112. The van der Waals surface area contributed by atoms with Crippen molar-refractivity contribution in [1.82, 2.24) is 0 Å². The molecule has 2 N–H and O–H groups in total. The highest BCUT2D eigenvalue weighted by molar-refractivity contribution is 5.79. The summed E-state index contributed by atoms with van der Waals surface area (Å²) in [6, 6.07) is 3.08. The normalized spacial score (nSPS) is 17.5. The van der Waals surface area contributed by atoms with Gasteiger partial charge in [0.05, 0.1) is 0 Å². The summed E-state index contributed by atoms with van der Waals surface area (Å²) in [6.07, 6.45) is 2.71. The zero-order valence-corrected chi connectivity index (χ0v) is 8.72. The Bertz CT molecular complexity index is 410. The number of carbonyl (C=O) groups is 1. The van der Waals surface area contributed by atoms with Crippen LogP contribution in [0.1, 0.15) is 34.3 Å². The average molecular weight is 207 g/mol. The van der Waals surface area contributed by atoms with Crippen LogP contribution < -0.4 is 5.73 Å². The Morgan fingerprint density at radius 2 is 2.20 bits per heavy atom. The van der Waals surface area contributed by atoms with Gasteiger partial charge in [-0.1, -0.05) is 6.07 Å². The van der Waals surface area contributed by atoms with Crippen molar-refractivity contribution < 1.29 is 9.18 Å². The van der Waals surface area contributed by atoms with Gasteiger partial charge in [0.2, 0.25) is 0 Å². The smallest absolute Gasteiger partial charge is 0.150 e. The van der Waals surface area contributed by atoms with Gasteiger partial charge in [-0.2, -0.15) is 0 Å². The minimum atomic E-state index is -0.325. The Balaban J connectivity index is 2.55. The molecule has 1 fully saturated rings. The molecule has 1 aliphatic carbocycles. The van der Waals surface area contributed by atoms with E-state index in [1.54, 1.807) is 13.0 Å². The number of halogens is 1. The van der Waals surface area contributed by atoms with Gasteiger partial charge in [0.1, 0.15) is 12.1 Å². The van der Waals surface area contributed by atoms with Gasteiger partial charge in [-0.25, -0.2) is 4.39 Å². The van der Waals surface area contributed by atoms with Crippen molar-refractivity contribution >= 4 is 6.29 Å². The molecule has 1 aromatic rings. The van der Waals surface area contributed by atoms with E-state index in [1.807, 2.05) is 0 Å². The van der Waals surface area contributed by atoms with Crippen LogP contribution in [0.2, 0.25) is 0 Å². The summed E-state index contributed by atoms with van der Waals surface area (Å²) in [7, 11) is 0. The number of aryl methyl sites for hydroxylation is 1. The van der Waals surface area contributed by atoms with E-state index in [2.05, 4.69) is 0 Å². The minimum Gasteiger partial charge on any atom is -0.330 e. The maximum Gasteiger partial charge on any atom is 0.150 e. The van der Waals surface area contributed by atoms with Crippen LogP contribution >= 0.6 is 0 Å². The molecule has 2 rings (SSSR count). The number of benzene rings is 1. The monoisotopic (exact) mass is 207 g/mol. The predicted molar refractivity (Wildman–Crippen MR) is 56.5 cm³/mol. The second-order valence-electron chi connectivity index (χ2n) is 4.29. The van der Waals surface area contributed by atoms with Gasteiger partial charge >= 0.3 is 0 Å². The molecule has 1 aromatic carbocycles. The lowest BCUT2D eigenvalue weighted by Crippen LogP contribution is -2.21. The van der Waals surface area contributed by atoms with Crippen molar-refractivity contribution in [3.05, 3.63) is 34.6 Å². The molecule has 3 heteroatoms. The minimum absolute atomic E-state index is 0.0608. The van der Waals surface area contributed by atoms with Crippen LogP contribution in [0.3, 0.4) is 0 Å². The molecule has 0 aliphatic heterocycles. The van der Waals surface area contributed by atoms with E-state index in [4.69, 9.17) is 5.73 Å². The van der Waals surface area contributed by atoms with Crippen LogP contribution in [0.15, 0.2) is 12.1 Å². The third-order valence-corrected chi connectivity index (χ3v) is 3.27. The van der Waals surface area contributed by atoms with E-state index >= 15 is 0 Å². The Hall–Kier alpha value is -1.22. The first-order valence-corrected chi connectivity index (χ1v) is 5.09. The highest BCUT2D eigenvalue weighted by atomic mass is 19.1. The number of aldehydes is 1. The second-order valence-corrected chi connectivity index (χ2v) is 4.29. The average Bonchev–Trinajstić information content (AvgIpc) is 3.02. The number of hydrogen-bond acceptors (Lipinski definition) is 2. The fraction of sp³-hybridized carbons (Fsp3) is 0.417. The van der Waals surface area contributed by atoms with Gasteiger partial charge in [0.15, 0.2) is 0 Å². The molecule has 0 heterocycles. The van der Waals surface area contributed by atoms with Crippen LogP contribution in [0.5, 0.6) is 0 Å². The summed E-state index contributed by atoms with van der Waals surface area (Å²) in [5, 5.41) is 0. The fourth-order valence-corrected chi connectivity index (χ4v) is 1.99. The van der Waals surface area contributed by atoms with Crippen molar-refractivity contribution in [2.45, 2.75) is 25.2 Å². The molecule has 1 aliphatic rings. The van der Waals surface area contributed by atoms with Crippen LogP contribution in [0.25, 0.3) is 0 Å². The van der Waals surface area contributed by atoms with Crippen LogP contribution in [-0.2, 0) is 5.41 Å². The van der Waals surface area contributed by atoms with Crippen LogP contribution in [0.4, 0.5) is 4.39 Å². The van der Waals surface area contributed by atoms with E-state index in [1.165, 1.54) is 6.07 Å². The summed E-state index contributed by atoms with van der Waals surface area (Å²) in [5.41, 5.74) is 7.58. The highest BCUT2D eigenvalue weighted by Gasteiger charge is 2.44. The molecule has 0 radical (unpaired) electrons. The first-order chi connectivity index (χ1) is 7.13. The summed E-state index contributed by atoms with van der Waals surface area (Å²) >= 11 is 0. The fourth-order valence-electron chi connectivity index (χ4n) is 1.99. The van der Waals surface area contributed by atoms with Gasteiger partial charge < -0.3 is 5.73 Å². The molecular formula is C12H14FNO. The lowest BCUT2D eigenvalue weighted by Gasteiger charge is -2.16. The van der Waals surface area contributed by atoms with E-state index in [-0.39, 0.29) is 11.2 Å². The number of rotatable bonds is 3. The third-order valence-electron chi connectivity index (χ3n) is 3.27. The molecule has 0 unspecified atom stereocenters. The SMILES string of the molecule is Cc1cc(C2(CN)CC2)c(C=O)cc1F. The first kappa shape index (κ1) is 10.3. The summed E-state index contributed by atoms with van der Waals surface area (Å²) in [6.45, 7) is 2.24. The van der Waals surface area contributed by atoms with Gasteiger partial charge in [0.25, 0.3) is 0 Å². The molecule has 0 spiro atoms. The molecule has 2 nitrogen and oxygen atoms in total. The second kappa shape index (κ2) is 3.42. The molecule has 0 aromatic heterocycles. The van der Waals surface area contributed by atoms with Crippen LogP contribution in [0, 0.1) is 12.7 Å². The summed E-state index contributed by atoms with van der Waals surface area (Å²) in [4.78, 5) is 10.9. The number of carbonyl (C=O) groups excluding carboxylic acids is 1. The van der Waals surface area contributed by atoms with Gasteiger partial charge in [0, 0.05) is 17.5 Å². The molecular weight excluding hydrogens is 193 g/mol. The highest BCUT2D eigenvalue weighted by Crippen LogP contribution is 2.48. The summed E-state index contributed by atoms with van der Waals surface area (Å²) < 4.78 is 13.3. The maximum atomic E-state index is 13.3. The standard InChI is InChI=1S/C12H14FNO/c1-8-4-10(12(7-14)2-3-12)9(6-15)5-11(8)13/h4-6H,2-3,7,14H2,1H3. The molecule has 1 saturated carbocycles. The van der Waals surface area contributed by atoms with Crippen molar-refractivity contribution in [3.8, 4) is 0 Å². The van der Waals surface area contributed by atoms with Crippen molar-refractivity contribution in [2.75, 3.05) is 6.54 Å². The molecule has 0 bridgehead atoms. The first-order valence-electron chi connectivity index (χ1n) is 5.09. The van der Waals surface area contributed by atoms with E-state index in [0.717, 1.165) is 18.4 Å². The van der Waals surface area contributed by atoms with E-state index < -0.39 is 0 Å². The van der Waals surface area contributed by atoms with Crippen molar-refractivity contribution in [1.29, 1.82) is 0 Å². The third kappa shape index (κ3) is 1.57. The zero-order chi connectivity index (χ0) is 11.1. The number of hydrogen-bond donors (Lipinski definition) is 1. The van der Waals surface area contributed by atoms with Gasteiger partial charge in [-0.3, -0.25) is 4.79 Å². The van der Waals surface area contributed by atoms with Gasteiger partial charge in [-0.15, -0.1) is 0 Å². The van der Waals surface area contributed by atoms with Gasteiger partial charge in [-0.05, 0) is 37.0 Å². The van der Waals surface area contributed by atoms with E-state index in [9.17, 15) is 9.18 Å². The van der Waals surface area contributed by atoms with Crippen molar-refractivity contribution in [2.24, 2.45) is 5.73 Å². The number of nitrogens with two attached hydrogens (primary N) is 1. The quantitative estimate of drug-likeness (QED) is 0.770. The molecule has 80 valence electrons. The van der Waals surface area contributed by atoms with Crippen molar-refractivity contribution in [3.63, 3.8) is 0 Å². The largest absolute Gasteiger partial charge is 0.330 e. The molecule has 0 amide bonds. The molecule has 0 saturated heterocycles. The van der Waals surface area contributed by atoms with Crippen LogP contribution in [-0.4, -0.2) is 12.8 Å². The topological polar surface area (TPSA) is 43.1 Å². The Kier molecular flexibility index (Phi) is 2.35. The Morgan fingerprint density at radius 1 is 1.53 bits per heavy atom. The predicted octanol–water partition coefficient (Wildman–Crippen LogP) is 1.94. The molecule has 0 atom stereocenters. The zero-order valence-electron chi connectivity index (χ0n) is 8.72.